The summed E-state index contributed by atoms with van der Waals surface area (Å²) < 4.78 is 0. The topological polar surface area (TPSA) is 110 Å². The molecule has 0 radical (unpaired) electrons. The second-order valence-electron chi connectivity index (χ2n) is 8.50. The van der Waals surface area contributed by atoms with Crippen LogP contribution in [0.15, 0.2) is 30.6 Å². The van der Waals surface area contributed by atoms with Crippen molar-refractivity contribution in [1.29, 1.82) is 5.26 Å². The second kappa shape index (κ2) is 9.36. The zero-order chi connectivity index (χ0) is 21.9. The number of piperidine rings is 1. The SMILES string of the molecule is N#CCCN1[C@@H]2CC[C@H]1CC(Nc1nc(Nc3ncc(CCO)s3)cc3ncccc13)C2. The van der Waals surface area contributed by atoms with Crippen LogP contribution in [0.4, 0.5) is 16.8 Å². The second-order valence-corrected chi connectivity index (χ2v) is 9.62. The molecule has 9 heteroatoms. The van der Waals surface area contributed by atoms with E-state index in [-0.39, 0.29) is 6.61 Å². The Labute approximate surface area is 191 Å². The smallest absolute Gasteiger partial charge is 0.188 e. The summed E-state index contributed by atoms with van der Waals surface area (Å²) in [5, 5.41) is 26.9. The molecular weight excluding hydrogens is 422 g/mol. The summed E-state index contributed by atoms with van der Waals surface area (Å²) in [4.78, 5) is 17.4. The lowest BCUT2D eigenvalue weighted by molar-refractivity contribution is 0.136. The van der Waals surface area contributed by atoms with E-state index in [9.17, 15) is 0 Å². The van der Waals surface area contributed by atoms with Crippen LogP contribution in [-0.4, -0.2) is 56.2 Å². The molecule has 32 heavy (non-hydrogen) atoms. The van der Waals surface area contributed by atoms with Crippen LogP contribution < -0.4 is 10.6 Å². The average Bonchev–Trinajstić information content (AvgIpc) is 3.33. The van der Waals surface area contributed by atoms with Gasteiger partial charge >= 0.3 is 0 Å². The number of thiazole rings is 1. The summed E-state index contributed by atoms with van der Waals surface area (Å²) in [6.45, 7) is 1.00. The van der Waals surface area contributed by atoms with Gasteiger partial charge in [0, 0.05) is 72.8 Å². The van der Waals surface area contributed by atoms with Gasteiger partial charge in [0.2, 0.25) is 0 Å². The minimum Gasteiger partial charge on any atom is -0.396 e. The Kier molecular flexibility index (Phi) is 6.17. The van der Waals surface area contributed by atoms with Crippen LogP contribution in [0.1, 0.15) is 37.0 Å². The van der Waals surface area contributed by atoms with Crippen molar-refractivity contribution in [3.05, 3.63) is 35.5 Å². The largest absolute Gasteiger partial charge is 0.396 e. The number of pyridine rings is 2. The molecule has 0 aliphatic carbocycles. The molecule has 0 aromatic carbocycles. The highest BCUT2D eigenvalue weighted by Gasteiger charge is 2.40. The molecule has 166 valence electrons. The van der Waals surface area contributed by atoms with Crippen molar-refractivity contribution in [2.45, 2.75) is 56.7 Å². The molecule has 2 aliphatic rings. The van der Waals surface area contributed by atoms with Gasteiger partial charge in [-0.25, -0.2) is 9.97 Å². The predicted molar refractivity (Wildman–Crippen MR) is 126 cm³/mol. The fourth-order valence-electron chi connectivity index (χ4n) is 5.08. The minimum atomic E-state index is 0.116. The Morgan fingerprint density at radius 3 is 2.88 bits per heavy atom. The van der Waals surface area contributed by atoms with Gasteiger partial charge < -0.3 is 15.7 Å². The van der Waals surface area contributed by atoms with Gasteiger partial charge in [-0.2, -0.15) is 5.26 Å². The van der Waals surface area contributed by atoms with E-state index in [2.05, 4.69) is 37.6 Å². The predicted octanol–water partition coefficient (Wildman–Crippen LogP) is 3.69. The molecule has 2 aliphatic heterocycles. The minimum absolute atomic E-state index is 0.116. The third kappa shape index (κ3) is 4.39. The number of nitrogens with one attached hydrogen (secondary N) is 2. The van der Waals surface area contributed by atoms with Gasteiger partial charge in [0.1, 0.15) is 11.6 Å². The van der Waals surface area contributed by atoms with E-state index in [1.807, 2.05) is 12.1 Å². The molecule has 0 amide bonds. The highest BCUT2D eigenvalue weighted by molar-refractivity contribution is 7.15. The van der Waals surface area contributed by atoms with Gasteiger partial charge in [-0.15, -0.1) is 11.3 Å². The molecule has 3 aromatic heterocycles. The molecule has 2 fully saturated rings. The standard InChI is InChI=1S/C23H27N7OS/c24-7-2-9-30-16-4-5-17(30)12-15(11-16)27-22-19-3-1-8-25-20(19)13-21(28-22)29-23-26-14-18(32-23)6-10-31/h1,3,8,13-17,31H,2,4-6,9-12H2,(H2,26,27,28,29)/t15?,16-,17+. The Hall–Kier alpha value is -2.80. The zero-order valence-corrected chi connectivity index (χ0v) is 18.7. The lowest BCUT2D eigenvalue weighted by Crippen LogP contribution is -2.47. The number of aliphatic hydroxyl groups excluding tert-OH is 1. The fraction of sp³-hybridized carbons (Fsp3) is 0.478. The van der Waals surface area contributed by atoms with Crippen LogP contribution in [0.25, 0.3) is 10.9 Å². The Morgan fingerprint density at radius 2 is 2.09 bits per heavy atom. The van der Waals surface area contributed by atoms with Crippen LogP contribution in [0.5, 0.6) is 0 Å². The first-order valence-electron chi connectivity index (χ1n) is 11.2. The van der Waals surface area contributed by atoms with Gasteiger partial charge in [-0.1, -0.05) is 0 Å². The van der Waals surface area contributed by atoms with Crippen LogP contribution in [0.2, 0.25) is 0 Å². The van der Waals surface area contributed by atoms with E-state index >= 15 is 0 Å². The maximum atomic E-state index is 9.14. The molecule has 5 heterocycles. The molecule has 2 saturated heterocycles. The number of hydrogen-bond donors (Lipinski definition) is 3. The number of hydrogen-bond acceptors (Lipinski definition) is 9. The molecule has 5 rings (SSSR count). The Bertz CT molecular complexity index is 1110. The number of rotatable bonds is 8. The fourth-order valence-corrected chi connectivity index (χ4v) is 5.89. The van der Waals surface area contributed by atoms with Crippen LogP contribution in [-0.2, 0) is 6.42 Å². The Balaban J connectivity index is 1.36. The number of nitrogens with zero attached hydrogens (tertiary/aromatic N) is 5. The summed E-state index contributed by atoms with van der Waals surface area (Å²) in [5.74, 6) is 1.55. The zero-order valence-electron chi connectivity index (χ0n) is 17.9. The maximum Gasteiger partial charge on any atom is 0.188 e. The maximum absolute atomic E-state index is 9.14. The van der Waals surface area contributed by atoms with Gasteiger partial charge in [0.15, 0.2) is 5.13 Å². The quantitative estimate of drug-likeness (QED) is 0.478. The monoisotopic (exact) mass is 449 g/mol. The molecule has 0 spiro atoms. The van der Waals surface area contributed by atoms with E-state index in [1.54, 1.807) is 12.4 Å². The number of fused-ring (bicyclic) bond motifs is 3. The van der Waals surface area contributed by atoms with E-state index in [0.29, 0.717) is 36.8 Å². The summed E-state index contributed by atoms with van der Waals surface area (Å²) in [5.41, 5.74) is 0.883. The van der Waals surface area contributed by atoms with Gasteiger partial charge in [-0.3, -0.25) is 9.88 Å². The number of anilines is 3. The van der Waals surface area contributed by atoms with Crippen molar-refractivity contribution in [1.82, 2.24) is 19.9 Å². The van der Waals surface area contributed by atoms with Crippen molar-refractivity contribution in [2.24, 2.45) is 0 Å². The lowest BCUT2D eigenvalue weighted by atomic mass is 9.97. The first kappa shape index (κ1) is 21.1. The summed E-state index contributed by atoms with van der Waals surface area (Å²) >= 11 is 1.52. The highest BCUT2D eigenvalue weighted by Crippen LogP contribution is 2.37. The van der Waals surface area contributed by atoms with Gasteiger partial charge in [0.25, 0.3) is 0 Å². The summed E-state index contributed by atoms with van der Waals surface area (Å²) in [6.07, 6.45) is 9.36. The first-order chi connectivity index (χ1) is 15.7. The van der Waals surface area contributed by atoms with Crippen molar-refractivity contribution in [2.75, 3.05) is 23.8 Å². The van der Waals surface area contributed by atoms with E-state index in [0.717, 1.165) is 46.1 Å². The molecule has 3 atom stereocenters. The molecular formula is C23H27N7OS. The van der Waals surface area contributed by atoms with Crippen molar-refractivity contribution < 1.29 is 5.11 Å². The molecule has 1 unspecified atom stereocenters. The number of aromatic nitrogens is 3. The lowest BCUT2D eigenvalue weighted by Gasteiger charge is -2.39. The summed E-state index contributed by atoms with van der Waals surface area (Å²) in [7, 11) is 0. The molecule has 8 nitrogen and oxygen atoms in total. The van der Waals surface area contributed by atoms with Crippen LogP contribution in [0.3, 0.4) is 0 Å². The van der Waals surface area contributed by atoms with Crippen LogP contribution >= 0.6 is 11.3 Å². The highest BCUT2D eigenvalue weighted by atomic mass is 32.1. The Morgan fingerprint density at radius 1 is 1.25 bits per heavy atom. The third-order valence-corrected chi connectivity index (χ3v) is 7.43. The molecule has 3 aromatic rings. The third-order valence-electron chi connectivity index (χ3n) is 6.45. The molecule has 3 N–H and O–H groups in total. The first-order valence-corrected chi connectivity index (χ1v) is 12.0. The van der Waals surface area contributed by atoms with Gasteiger partial charge in [-0.05, 0) is 37.8 Å². The summed E-state index contributed by atoms with van der Waals surface area (Å²) in [6, 6.07) is 9.69. The average molecular weight is 450 g/mol. The van der Waals surface area contributed by atoms with Crippen LogP contribution in [0, 0.1) is 11.3 Å². The normalized spacial score (nSPS) is 22.7. The molecule has 2 bridgehead atoms. The number of nitriles is 1. The van der Waals surface area contributed by atoms with E-state index in [1.165, 1.54) is 24.2 Å². The van der Waals surface area contributed by atoms with E-state index < -0.39 is 0 Å². The van der Waals surface area contributed by atoms with Crippen molar-refractivity contribution >= 4 is 39.0 Å². The van der Waals surface area contributed by atoms with Crippen molar-refractivity contribution in [3.8, 4) is 6.07 Å². The van der Waals surface area contributed by atoms with E-state index in [4.69, 9.17) is 15.4 Å². The van der Waals surface area contributed by atoms with Gasteiger partial charge in [0.05, 0.1) is 11.6 Å². The number of aliphatic hydroxyl groups is 1. The van der Waals surface area contributed by atoms with Crippen molar-refractivity contribution in [3.63, 3.8) is 0 Å². The molecule has 0 saturated carbocycles.